The summed E-state index contributed by atoms with van der Waals surface area (Å²) in [4.78, 5) is 14.2. The summed E-state index contributed by atoms with van der Waals surface area (Å²) in [6, 6.07) is 7.58. The van der Waals surface area contributed by atoms with Gasteiger partial charge in [0.2, 0.25) is 6.79 Å². The summed E-state index contributed by atoms with van der Waals surface area (Å²) in [6.07, 6.45) is 3.79. The second-order valence-corrected chi connectivity index (χ2v) is 11.9. The molecule has 4 aromatic rings. The molecule has 1 aliphatic heterocycles. The van der Waals surface area contributed by atoms with Crippen molar-refractivity contribution in [2.75, 3.05) is 19.1 Å². The first-order valence-electron chi connectivity index (χ1n) is 11.1. The number of anilines is 1. The van der Waals surface area contributed by atoms with Crippen LogP contribution in [0.5, 0.6) is 11.5 Å². The molecule has 0 aliphatic carbocycles. The van der Waals surface area contributed by atoms with Crippen LogP contribution in [0.25, 0.3) is 22.5 Å². The summed E-state index contributed by atoms with van der Waals surface area (Å²) in [5, 5.41) is 0.704. The summed E-state index contributed by atoms with van der Waals surface area (Å²) < 4.78 is 34.0. The number of ether oxygens (including phenoxy) is 2. The van der Waals surface area contributed by atoms with E-state index in [1.54, 1.807) is 6.26 Å². The number of aryl methyl sites for hydroxylation is 1. The maximum atomic E-state index is 12.3. The highest BCUT2D eigenvalue weighted by Gasteiger charge is 2.26. The number of rotatable bonds is 8. The van der Waals surface area contributed by atoms with Gasteiger partial charge in [0.1, 0.15) is 16.8 Å². The molecule has 10 nitrogen and oxygen atoms in total. The van der Waals surface area contributed by atoms with Crippen LogP contribution < -0.4 is 19.9 Å². The number of fused-ring (bicyclic) bond motifs is 2. The molecule has 0 fully saturated rings. The van der Waals surface area contributed by atoms with Crippen LogP contribution in [-0.2, 0) is 17.9 Å². The van der Waals surface area contributed by atoms with Crippen LogP contribution in [0.15, 0.2) is 51.3 Å². The fourth-order valence-corrected chi connectivity index (χ4v) is 5.38. The summed E-state index contributed by atoms with van der Waals surface area (Å²) in [5.41, 5.74) is 8.17. The first-order valence-corrected chi connectivity index (χ1v) is 13.1. The van der Waals surface area contributed by atoms with Crippen LogP contribution in [0.1, 0.15) is 27.2 Å². The number of furan rings is 1. The van der Waals surface area contributed by atoms with Gasteiger partial charge in [0.15, 0.2) is 33.6 Å². The SMILES string of the molecule is CC(C)(C)[S+]([O-])NCCCn1c(Sc2cc3c(cc2-c2ccco2)OCO3)nc2c(N)ncnc21. The molecule has 0 saturated carbocycles. The van der Waals surface area contributed by atoms with Crippen LogP contribution in [0, 0.1) is 0 Å². The molecule has 3 aromatic heterocycles. The van der Waals surface area contributed by atoms with Crippen molar-refractivity contribution >= 4 is 40.1 Å². The molecule has 0 radical (unpaired) electrons. The lowest BCUT2D eigenvalue weighted by molar-refractivity contribution is 0.174. The zero-order valence-electron chi connectivity index (χ0n) is 19.6. The van der Waals surface area contributed by atoms with E-state index in [0.717, 1.165) is 16.9 Å². The Bertz CT molecular complexity index is 1340. The van der Waals surface area contributed by atoms with E-state index in [-0.39, 0.29) is 11.5 Å². The van der Waals surface area contributed by atoms with Crippen molar-refractivity contribution in [2.45, 2.75) is 48.5 Å². The van der Waals surface area contributed by atoms with Gasteiger partial charge in [-0.2, -0.15) is 0 Å². The predicted octanol–water partition coefficient (Wildman–Crippen LogP) is 3.99. The van der Waals surface area contributed by atoms with Gasteiger partial charge in [-0.3, -0.25) is 0 Å². The monoisotopic (exact) mass is 514 g/mol. The Labute approximate surface area is 209 Å². The number of hydrogen-bond donors (Lipinski definition) is 2. The molecule has 12 heteroatoms. The van der Waals surface area contributed by atoms with E-state index in [4.69, 9.17) is 24.6 Å². The lowest BCUT2D eigenvalue weighted by Crippen LogP contribution is -2.39. The smallest absolute Gasteiger partial charge is 0.231 e. The minimum atomic E-state index is -1.14. The molecule has 0 saturated heterocycles. The van der Waals surface area contributed by atoms with Crippen molar-refractivity contribution in [2.24, 2.45) is 0 Å². The maximum Gasteiger partial charge on any atom is 0.231 e. The highest BCUT2D eigenvalue weighted by atomic mass is 32.2. The third-order valence-corrected chi connectivity index (χ3v) is 7.97. The highest BCUT2D eigenvalue weighted by Crippen LogP contribution is 2.45. The topological polar surface area (TPSA) is 136 Å². The van der Waals surface area contributed by atoms with Crippen molar-refractivity contribution in [3.05, 3.63) is 36.9 Å². The normalized spacial score (nSPS) is 14.1. The van der Waals surface area contributed by atoms with Crippen LogP contribution in [-0.4, -0.2) is 42.2 Å². The lowest BCUT2D eigenvalue weighted by Gasteiger charge is -2.23. The zero-order valence-corrected chi connectivity index (χ0v) is 21.2. The number of nitrogen functional groups attached to an aromatic ring is 1. The quantitative estimate of drug-likeness (QED) is 0.262. The number of nitrogens with zero attached hydrogens (tertiary/aromatic N) is 4. The fraction of sp³-hybridized carbons (Fsp3) is 0.348. The van der Waals surface area contributed by atoms with Crippen LogP contribution >= 0.6 is 11.8 Å². The standard InChI is InChI=1S/C23H26N6O4S2/c1-23(2,3)35(30)27-7-5-8-29-21-19(20(24)25-12-26-21)28-22(29)34-18-11-17-16(32-13-33-17)10-14(18)15-6-4-9-31-15/h4,6,9-12,27H,5,7-8,13H2,1-3H3,(H2,24,25,26). The van der Waals surface area contributed by atoms with Crippen LogP contribution in [0.3, 0.4) is 0 Å². The summed E-state index contributed by atoms with van der Waals surface area (Å²) in [6.45, 7) is 7.18. The molecule has 3 N–H and O–H groups in total. The largest absolute Gasteiger partial charge is 0.598 e. The fourth-order valence-electron chi connectivity index (χ4n) is 3.56. The highest BCUT2D eigenvalue weighted by molar-refractivity contribution is 7.99. The molecule has 0 amide bonds. The molecule has 1 aromatic carbocycles. The van der Waals surface area contributed by atoms with Crippen LogP contribution in [0.2, 0.25) is 0 Å². The number of nitrogens with one attached hydrogen (secondary N) is 1. The van der Waals surface area contributed by atoms with Gasteiger partial charge in [-0.1, -0.05) is 11.8 Å². The van der Waals surface area contributed by atoms with E-state index in [1.165, 1.54) is 18.1 Å². The third-order valence-electron chi connectivity index (χ3n) is 5.34. The van der Waals surface area contributed by atoms with E-state index in [2.05, 4.69) is 14.7 Å². The molecule has 0 bridgehead atoms. The second kappa shape index (κ2) is 9.61. The lowest BCUT2D eigenvalue weighted by atomic mass is 10.1. The number of aromatic nitrogens is 4. The number of hydrogen-bond acceptors (Lipinski definition) is 10. The predicted molar refractivity (Wildman–Crippen MR) is 135 cm³/mol. The van der Waals surface area contributed by atoms with Crippen molar-refractivity contribution in [1.29, 1.82) is 0 Å². The Morgan fingerprint density at radius 2 is 2.03 bits per heavy atom. The van der Waals surface area contributed by atoms with Crippen molar-refractivity contribution in [3.63, 3.8) is 0 Å². The molecule has 1 aliphatic rings. The Balaban J connectivity index is 1.47. The molecule has 184 valence electrons. The number of benzene rings is 1. The first-order chi connectivity index (χ1) is 16.8. The van der Waals surface area contributed by atoms with Crippen molar-refractivity contribution < 1.29 is 18.4 Å². The molecule has 35 heavy (non-hydrogen) atoms. The van der Waals surface area contributed by atoms with Gasteiger partial charge in [-0.25, -0.2) is 15.0 Å². The molecule has 1 unspecified atom stereocenters. The maximum absolute atomic E-state index is 12.3. The molecule has 5 rings (SSSR count). The van der Waals surface area contributed by atoms with E-state index in [0.29, 0.717) is 52.5 Å². The summed E-state index contributed by atoms with van der Waals surface area (Å²) in [7, 11) is 0. The van der Waals surface area contributed by atoms with Gasteiger partial charge < -0.3 is 28.7 Å². The van der Waals surface area contributed by atoms with E-state index in [9.17, 15) is 4.55 Å². The van der Waals surface area contributed by atoms with Gasteiger partial charge >= 0.3 is 0 Å². The van der Waals surface area contributed by atoms with Gasteiger partial charge in [-0.15, -0.1) is 4.72 Å². The molecule has 1 atom stereocenters. The van der Waals surface area contributed by atoms with E-state index >= 15 is 0 Å². The average Bonchev–Trinajstić information content (AvgIpc) is 3.56. The molecule has 0 spiro atoms. The first kappa shape index (κ1) is 23.8. The minimum Gasteiger partial charge on any atom is -0.598 e. The van der Waals surface area contributed by atoms with Crippen LogP contribution in [0.4, 0.5) is 5.82 Å². The minimum absolute atomic E-state index is 0.175. The number of imidazole rings is 1. The Kier molecular flexibility index (Phi) is 6.53. The summed E-state index contributed by atoms with van der Waals surface area (Å²) in [5.74, 6) is 2.36. The molecule has 4 heterocycles. The average molecular weight is 515 g/mol. The Morgan fingerprint density at radius 1 is 1.23 bits per heavy atom. The Morgan fingerprint density at radius 3 is 2.77 bits per heavy atom. The third kappa shape index (κ3) is 4.92. The number of nitrogens with two attached hydrogens (primary N) is 1. The molecular weight excluding hydrogens is 488 g/mol. The van der Waals surface area contributed by atoms with E-state index < -0.39 is 11.4 Å². The van der Waals surface area contributed by atoms with Gasteiger partial charge in [0, 0.05) is 34.9 Å². The van der Waals surface area contributed by atoms with Crippen molar-refractivity contribution in [1.82, 2.24) is 24.2 Å². The summed E-state index contributed by atoms with van der Waals surface area (Å²) >= 11 is 0.325. The Hall–Kier alpha value is -2.93. The van der Waals surface area contributed by atoms with Gasteiger partial charge in [0.25, 0.3) is 0 Å². The van der Waals surface area contributed by atoms with Gasteiger partial charge in [0.05, 0.1) is 6.26 Å². The van der Waals surface area contributed by atoms with E-state index in [1.807, 2.05) is 49.6 Å². The van der Waals surface area contributed by atoms with Crippen molar-refractivity contribution in [3.8, 4) is 22.8 Å². The van der Waals surface area contributed by atoms with Gasteiger partial charge in [-0.05, 0) is 51.5 Å². The zero-order chi connectivity index (χ0) is 24.6. The second-order valence-electron chi connectivity index (χ2n) is 8.89. The molecular formula is C23H26N6O4S2.